The van der Waals surface area contributed by atoms with E-state index in [1.165, 1.54) is 0 Å². The van der Waals surface area contributed by atoms with Crippen LogP contribution in [0.3, 0.4) is 0 Å². The molecular formula is C18H18N6O. The molecule has 0 saturated heterocycles. The van der Waals surface area contributed by atoms with Crippen molar-refractivity contribution in [1.82, 2.24) is 29.5 Å². The van der Waals surface area contributed by atoms with Crippen LogP contribution in [0.25, 0.3) is 11.4 Å². The SMILES string of the molecule is Cc1cc(C)n(Cc2cccc(-c3noc(Cn4ccnc4)n3)c2)n1. The summed E-state index contributed by atoms with van der Waals surface area (Å²) in [4.78, 5) is 8.48. The van der Waals surface area contributed by atoms with E-state index in [-0.39, 0.29) is 0 Å². The fourth-order valence-corrected chi connectivity index (χ4v) is 2.79. The van der Waals surface area contributed by atoms with Crippen molar-refractivity contribution in [3.05, 3.63) is 71.9 Å². The average Bonchev–Trinajstić information content (AvgIpc) is 3.32. The van der Waals surface area contributed by atoms with Crippen LogP contribution >= 0.6 is 0 Å². The Morgan fingerprint density at radius 3 is 2.80 bits per heavy atom. The number of hydrogen-bond acceptors (Lipinski definition) is 5. The van der Waals surface area contributed by atoms with Crippen molar-refractivity contribution in [2.24, 2.45) is 0 Å². The van der Waals surface area contributed by atoms with Crippen molar-refractivity contribution >= 4 is 0 Å². The quantitative estimate of drug-likeness (QED) is 0.561. The van der Waals surface area contributed by atoms with Crippen molar-refractivity contribution in [3.63, 3.8) is 0 Å². The van der Waals surface area contributed by atoms with Crippen LogP contribution in [0.1, 0.15) is 22.8 Å². The fraction of sp³-hybridized carbons (Fsp3) is 0.222. The van der Waals surface area contributed by atoms with Gasteiger partial charge in [0.15, 0.2) is 0 Å². The number of nitrogens with zero attached hydrogens (tertiary/aromatic N) is 6. The number of aryl methyl sites for hydroxylation is 2. The Kier molecular flexibility index (Phi) is 3.89. The van der Waals surface area contributed by atoms with E-state index in [0.717, 1.165) is 22.5 Å². The van der Waals surface area contributed by atoms with E-state index in [1.54, 1.807) is 12.5 Å². The van der Waals surface area contributed by atoms with Gasteiger partial charge in [-0.25, -0.2) is 4.98 Å². The monoisotopic (exact) mass is 334 g/mol. The molecule has 3 aromatic heterocycles. The van der Waals surface area contributed by atoms with Gasteiger partial charge in [0.25, 0.3) is 0 Å². The second kappa shape index (κ2) is 6.35. The molecular weight excluding hydrogens is 316 g/mol. The molecule has 7 nitrogen and oxygen atoms in total. The molecule has 7 heteroatoms. The van der Waals surface area contributed by atoms with Crippen LogP contribution in [-0.2, 0) is 13.1 Å². The molecule has 0 aliphatic carbocycles. The van der Waals surface area contributed by atoms with Crippen molar-refractivity contribution in [2.45, 2.75) is 26.9 Å². The van der Waals surface area contributed by atoms with Crippen LogP contribution in [0.15, 0.2) is 53.6 Å². The number of imidazole rings is 1. The second-order valence-corrected chi connectivity index (χ2v) is 6.03. The zero-order valence-electron chi connectivity index (χ0n) is 14.1. The van der Waals surface area contributed by atoms with Crippen LogP contribution in [0.4, 0.5) is 0 Å². The van der Waals surface area contributed by atoms with Gasteiger partial charge in [0.05, 0.1) is 18.6 Å². The number of hydrogen-bond donors (Lipinski definition) is 0. The Hall–Kier alpha value is -3.22. The number of benzene rings is 1. The van der Waals surface area contributed by atoms with E-state index in [0.29, 0.717) is 24.8 Å². The van der Waals surface area contributed by atoms with E-state index in [1.807, 2.05) is 34.5 Å². The lowest BCUT2D eigenvalue weighted by atomic mass is 10.1. The van der Waals surface area contributed by atoms with Gasteiger partial charge in [-0.3, -0.25) is 4.68 Å². The molecule has 0 aliphatic heterocycles. The smallest absolute Gasteiger partial charge is 0.246 e. The van der Waals surface area contributed by atoms with E-state index < -0.39 is 0 Å². The molecule has 126 valence electrons. The predicted octanol–water partition coefficient (Wildman–Crippen LogP) is 2.84. The molecule has 0 saturated carbocycles. The van der Waals surface area contributed by atoms with Gasteiger partial charge < -0.3 is 9.09 Å². The summed E-state index contributed by atoms with van der Waals surface area (Å²) in [5, 5.41) is 8.61. The third-order valence-electron chi connectivity index (χ3n) is 3.97. The minimum Gasteiger partial charge on any atom is -0.337 e. The summed E-state index contributed by atoms with van der Waals surface area (Å²) in [7, 11) is 0. The summed E-state index contributed by atoms with van der Waals surface area (Å²) in [6, 6.07) is 10.2. The summed E-state index contributed by atoms with van der Waals surface area (Å²) in [5.74, 6) is 1.14. The highest BCUT2D eigenvalue weighted by Crippen LogP contribution is 2.19. The lowest BCUT2D eigenvalue weighted by Gasteiger charge is -2.05. The molecule has 1 aromatic carbocycles. The van der Waals surface area contributed by atoms with Crippen molar-refractivity contribution < 1.29 is 4.52 Å². The molecule has 0 N–H and O–H groups in total. The highest BCUT2D eigenvalue weighted by molar-refractivity contribution is 5.55. The van der Waals surface area contributed by atoms with Crippen LogP contribution in [0, 0.1) is 13.8 Å². The first-order valence-electron chi connectivity index (χ1n) is 8.06. The Labute approximate surface area is 144 Å². The Bertz CT molecular complexity index is 983. The highest BCUT2D eigenvalue weighted by Gasteiger charge is 2.10. The first-order valence-corrected chi connectivity index (χ1v) is 8.06. The minimum atomic E-state index is 0.512. The highest BCUT2D eigenvalue weighted by atomic mass is 16.5. The largest absolute Gasteiger partial charge is 0.337 e. The molecule has 0 amide bonds. The summed E-state index contributed by atoms with van der Waals surface area (Å²) in [5.41, 5.74) is 4.24. The lowest BCUT2D eigenvalue weighted by Crippen LogP contribution is -2.04. The van der Waals surface area contributed by atoms with Gasteiger partial charge in [-0.1, -0.05) is 23.4 Å². The zero-order chi connectivity index (χ0) is 17.2. The van der Waals surface area contributed by atoms with Crippen LogP contribution in [0.5, 0.6) is 0 Å². The first-order chi connectivity index (χ1) is 12.2. The molecule has 0 atom stereocenters. The topological polar surface area (TPSA) is 74.6 Å². The van der Waals surface area contributed by atoms with Crippen LogP contribution in [-0.4, -0.2) is 29.5 Å². The molecule has 0 spiro atoms. The van der Waals surface area contributed by atoms with Crippen LogP contribution < -0.4 is 0 Å². The Morgan fingerprint density at radius 2 is 2.04 bits per heavy atom. The normalized spacial score (nSPS) is 11.1. The van der Waals surface area contributed by atoms with Gasteiger partial charge in [0.2, 0.25) is 11.7 Å². The average molecular weight is 334 g/mol. The Morgan fingerprint density at radius 1 is 1.12 bits per heavy atom. The van der Waals surface area contributed by atoms with E-state index in [4.69, 9.17) is 4.52 Å². The molecule has 4 rings (SSSR count). The number of aromatic nitrogens is 6. The maximum Gasteiger partial charge on any atom is 0.246 e. The molecule has 4 aromatic rings. The third kappa shape index (κ3) is 3.35. The van der Waals surface area contributed by atoms with Gasteiger partial charge in [-0.15, -0.1) is 0 Å². The first kappa shape index (κ1) is 15.3. The van der Waals surface area contributed by atoms with Gasteiger partial charge in [0.1, 0.15) is 6.54 Å². The van der Waals surface area contributed by atoms with Gasteiger partial charge in [-0.2, -0.15) is 10.1 Å². The standard InChI is InChI=1S/C18H18N6O/c1-13-8-14(2)24(21-13)10-15-4-3-5-16(9-15)18-20-17(25-22-18)11-23-7-6-19-12-23/h3-9,12H,10-11H2,1-2H3. The maximum atomic E-state index is 5.35. The molecule has 0 bridgehead atoms. The molecule has 0 aliphatic rings. The van der Waals surface area contributed by atoms with Crippen LogP contribution in [0.2, 0.25) is 0 Å². The molecule has 0 unspecified atom stereocenters. The molecule has 0 radical (unpaired) electrons. The number of rotatable bonds is 5. The third-order valence-corrected chi connectivity index (χ3v) is 3.97. The fourth-order valence-electron chi connectivity index (χ4n) is 2.79. The van der Waals surface area contributed by atoms with Gasteiger partial charge in [-0.05, 0) is 31.5 Å². The van der Waals surface area contributed by atoms with E-state index >= 15 is 0 Å². The van der Waals surface area contributed by atoms with Gasteiger partial charge in [0, 0.05) is 23.7 Å². The molecule has 0 fully saturated rings. The summed E-state index contributed by atoms with van der Waals surface area (Å²) >= 11 is 0. The zero-order valence-corrected chi connectivity index (χ0v) is 14.1. The second-order valence-electron chi connectivity index (χ2n) is 6.03. The lowest BCUT2D eigenvalue weighted by molar-refractivity contribution is 0.371. The van der Waals surface area contributed by atoms with Crippen molar-refractivity contribution in [1.29, 1.82) is 0 Å². The summed E-state index contributed by atoms with van der Waals surface area (Å²) in [6.07, 6.45) is 5.30. The van der Waals surface area contributed by atoms with E-state index in [2.05, 4.69) is 45.3 Å². The summed E-state index contributed by atoms with van der Waals surface area (Å²) in [6.45, 7) is 5.29. The van der Waals surface area contributed by atoms with Gasteiger partial charge >= 0.3 is 0 Å². The summed E-state index contributed by atoms with van der Waals surface area (Å²) < 4.78 is 9.23. The predicted molar refractivity (Wildman–Crippen MR) is 91.9 cm³/mol. The van der Waals surface area contributed by atoms with Crippen molar-refractivity contribution in [2.75, 3.05) is 0 Å². The molecule has 25 heavy (non-hydrogen) atoms. The molecule has 3 heterocycles. The van der Waals surface area contributed by atoms with E-state index in [9.17, 15) is 0 Å². The van der Waals surface area contributed by atoms with Crippen molar-refractivity contribution in [3.8, 4) is 11.4 Å². The maximum absolute atomic E-state index is 5.35. The Balaban J connectivity index is 1.55. The minimum absolute atomic E-state index is 0.512.